The Bertz CT molecular complexity index is 2490. The molecule has 27 atom stereocenters. The van der Waals surface area contributed by atoms with Gasteiger partial charge in [0.15, 0.2) is 30.8 Å². The van der Waals surface area contributed by atoms with E-state index in [1.165, 1.54) is 14.2 Å². The zero-order valence-corrected chi connectivity index (χ0v) is 49.9. The van der Waals surface area contributed by atoms with Crippen molar-refractivity contribution in [3.8, 4) is 0 Å². The number of alkyl carbamates (subject to hydrolysis) is 1. The van der Waals surface area contributed by atoms with Crippen LogP contribution in [0.5, 0.6) is 0 Å². The predicted molar refractivity (Wildman–Crippen MR) is 295 cm³/mol. The van der Waals surface area contributed by atoms with E-state index < -0.39 is 157 Å². The Labute approximate surface area is 482 Å². The Balaban J connectivity index is 1.00. The summed E-state index contributed by atoms with van der Waals surface area (Å²) in [4.78, 5) is 42.6. The molecular weight excluding hydrogens is 1060 g/mol. The van der Waals surface area contributed by atoms with Crippen molar-refractivity contribution in [3.05, 3.63) is 58.4 Å². The van der Waals surface area contributed by atoms with Crippen molar-refractivity contribution in [1.29, 1.82) is 0 Å². The number of rotatable bonds is 11. The molecule has 2 bridgehead atoms. The van der Waals surface area contributed by atoms with E-state index in [1.807, 2.05) is 47.6 Å². The number of esters is 1. The van der Waals surface area contributed by atoms with Gasteiger partial charge in [0, 0.05) is 67.9 Å². The van der Waals surface area contributed by atoms with Crippen molar-refractivity contribution in [2.75, 3.05) is 20.8 Å². The van der Waals surface area contributed by atoms with E-state index in [2.05, 4.69) is 37.4 Å². The number of carbonyl (C=O) groups excluding carboxylic acids is 3. The SMILES string of the molecule is COC(=O)N[C@H]1[C@@H](C)O[C@@H](O[C@H]2C/C=C(\C)[C@@H]3C=C[C@@H]4[C@@H](O[C@H]5C[C@@H](O[C@H]6C[C@@H](O)[C@@H](O[C@@H]7C[C@@H](O)[C@@H](OC)[C@H](C)O7)[C@H](C)O6)[C@@H](O)[C@H](C)O5)[C@H](C)C[C@H](C)[C@H]4[C@]3(C)C(O)=C3C(=O)O[C@]4(C[C@@H](C)C(CO)=C[C@H]4/C=C/2C)C3=O)C[C@]1(C)N. The molecule has 21 nitrogen and oxygen atoms in total. The van der Waals surface area contributed by atoms with E-state index in [1.54, 1.807) is 26.8 Å². The number of aliphatic hydroxyl groups is 5. The van der Waals surface area contributed by atoms with Crippen LogP contribution in [-0.2, 0) is 61.7 Å². The summed E-state index contributed by atoms with van der Waals surface area (Å²) in [5.41, 5.74) is 4.75. The molecule has 4 aliphatic carbocycles. The Morgan fingerprint density at radius 1 is 0.744 bits per heavy atom. The number of Topliss-reactive ketones (excluding diaryl/α,β-unsaturated/α-hetero) is 1. The van der Waals surface area contributed by atoms with Crippen LogP contribution >= 0.6 is 0 Å². The highest BCUT2D eigenvalue weighted by Crippen LogP contribution is 2.61. The third kappa shape index (κ3) is 11.8. The van der Waals surface area contributed by atoms with E-state index in [0.717, 1.165) is 5.57 Å². The van der Waals surface area contributed by atoms with Crippen LogP contribution in [0.15, 0.2) is 58.4 Å². The zero-order valence-electron chi connectivity index (χ0n) is 49.9. The number of hydrogen-bond acceptors (Lipinski definition) is 20. The number of ether oxygens (including phenoxy) is 11. The number of amides is 1. The average molecular weight is 1160 g/mol. The first-order valence-corrected chi connectivity index (χ1v) is 29.7. The highest BCUT2D eigenvalue weighted by atomic mass is 16.7. The lowest BCUT2D eigenvalue weighted by molar-refractivity contribution is -0.335. The molecule has 5 aliphatic heterocycles. The monoisotopic (exact) mass is 1160 g/mol. The number of methoxy groups -OCH3 is 2. The highest BCUT2D eigenvalue weighted by molar-refractivity contribution is 6.26. The lowest BCUT2D eigenvalue weighted by Gasteiger charge is -2.56. The molecule has 21 heteroatoms. The zero-order chi connectivity index (χ0) is 59.7. The van der Waals surface area contributed by atoms with Gasteiger partial charge in [-0.05, 0) is 96.1 Å². The van der Waals surface area contributed by atoms with Crippen LogP contribution in [0.25, 0.3) is 0 Å². The topological polar surface area (TPSA) is 292 Å². The fourth-order valence-corrected chi connectivity index (χ4v) is 15.7. The molecular formula is C61H92N2O19. The number of aliphatic hydroxyl groups excluding tert-OH is 5. The first-order chi connectivity index (χ1) is 38.6. The maximum atomic E-state index is 15.6. The fraction of sp³-hybridized carbons (Fsp3) is 0.787. The molecule has 460 valence electrons. The van der Waals surface area contributed by atoms with Crippen molar-refractivity contribution >= 4 is 17.8 Å². The van der Waals surface area contributed by atoms with Crippen LogP contribution in [0.4, 0.5) is 4.79 Å². The summed E-state index contributed by atoms with van der Waals surface area (Å²) in [5.74, 6) is -4.54. The Morgan fingerprint density at radius 2 is 1.37 bits per heavy atom. The summed E-state index contributed by atoms with van der Waals surface area (Å²) in [5, 5.41) is 60.3. The normalized spacial score (nSPS) is 49.4. The minimum Gasteiger partial charge on any atom is -0.511 e. The maximum Gasteiger partial charge on any atom is 0.407 e. The van der Waals surface area contributed by atoms with Gasteiger partial charge in [0.05, 0.1) is 74.7 Å². The number of allylic oxidation sites excluding steroid dienone is 3. The largest absolute Gasteiger partial charge is 0.511 e. The van der Waals surface area contributed by atoms with Gasteiger partial charge >= 0.3 is 12.1 Å². The highest BCUT2D eigenvalue weighted by Gasteiger charge is 2.64. The molecule has 8 N–H and O–H groups in total. The molecule has 0 aromatic carbocycles. The van der Waals surface area contributed by atoms with Crippen LogP contribution in [0, 0.1) is 46.8 Å². The van der Waals surface area contributed by atoms with E-state index in [-0.39, 0.29) is 73.7 Å². The second kappa shape index (κ2) is 24.6. The number of ketones is 1. The van der Waals surface area contributed by atoms with Gasteiger partial charge in [-0.25, -0.2) is 9.59 Å². The molecule has 0 unspecified atom stereocenters. The molecule has 9 rings (SSSR count). The summed E-state index contributed by atoms with van der Waals surface area (Å²) >= 11 is 0. The third-order valence-electron chi connectivity index (χ3n) is 19.9. The first kappa shape index (κ1) is 62.9. The van der Waals surface area contributed by atoms with Gasteiger partial charge in [-0.1, -0.05) is 63.6 Å². The average Bonchev–Trinajstić information content (AvgIpc) is 3.56. The molecule has 1 amide bonds. The van der Waals surface area contributed by atoms with Gasteiger partial charge in [-0.15, -0.1) is 0 Å². The summed E-state index contributed by atoms with van der Waals surface area (Å²) in [7, 11) is 2.79. The number of fused-ring (bicyclic) bond motifs is 4. The van der Waals surface area contributed by atoms with Crippen molar-refractivity contribution in [2.45, 2.75) is 237 Å². The van der Waals surface area contributed by atoms with Gasteiger partial charge in [-0.3, -0.25) is 4.79 Å². The molecule has 0 aromatic heterocycles. The maximum absolute atomic E-state index is 15.6. The Morgan fingerprint density at radius 3 is 2.00 bits per heavy atom. The van der Waals surface area contributed by atoms with Gasteiger partial charge in [0.2, 0.25) is 5.78 Å². The molecule has 0 radical (unpaired) electrons. The first-order valence-electron chi connectivity index (χ1n) is 29.7. The number of nitrogens with two attached hydrogens (primary N) is 1. The minimum absolute atomic E-state index is 0.0320. The van der Waals surface area contributed by atoms with Crippen molar-refractivity contribution in [1.82, 2.24) is 5.32 Å². The third-order valence-corrected chi connectivity index (χ3v) is 19.9. The lowest BCUT2D eigenvalue weighted by atomic mass is 9.49. The van der Waals surface area contributed by atoms with Crippen LogP contribution < -0.4 is 11.1 Å². The number of hydrogen-bond donors (Lipinski definition) is 7. The fourth-order valence-electron chi connectivity index (χ4n) is 15.7. The molecule has 5 heterocycles. The van der Waals surface area contributed by atoms with Crippen molar-refractivity contribution in [3.63, 3.8) is 0 Å². The molecule has 1 saturated carbocycles. The lowest BCUT2D eigenvalue weighted by Crippen LogP contribution is -2.66. The molecule has 5 saturated heterocycles. The quantitative estimate of drug-likeness (QED) is 0.0789. The summed E-state index contributed by atoms with van der Waals surface area (Å²) in [6.45, 7) is 20.6. The number of carbonyl (C=O) groups is 3. The van der Waals surface area contributed by atoms with Crippen LogP contribution in [0.3, 0.4) is 0 Å². The minimum atomic E-state index is -1.75. The number of nitrogens with one attached hydrogen (secondary N) is 1. The van der Waals surface area contributed by atoms with E-state index in [4.69, 9.17) is 57.8 Å². The standard InChI is InChI=1S/C61H92N2O19/c1-27-14-17-42(78-47-25-59(10,62)54(35(9)77-47)63-58(71)73-13)28(2)19-37-20-36(26-64)31(5)24-61(37)56(69)48(57(70)82-61)55(68)60(11)39(27)16-15-38-49(60)29(3)18-30(4)51(38)80-46-23-43(50(67)32(6)74-46)79-44-22-41(66)53(34(8)76-44)81-45-21-40(65)52(72-12)33(7)75-45/h14-16,19-20,29-35,37-47,49-54,64-68H,17-18,21-26,62H2,1-13H3,(H,63,71)/b27-14+,28-19+,55-48?/t29-,30+,31+,32-,33-,34-,35+,37+,38-,39-,40+,41+,42-,43+,44-,45+,46-,47-,49+,50-,51-,52-,53-,54-,59-,60+,61-/m0/s1. The summed E-state index contributed by atoms with van der Waals surface area (Å²) in [6, 6.07) is -0.595. The van der Waals surface area contributed by atoms with Gasteiger partial charge < -0.3 is 88.7 Å². The summed E-state index contributed by atoms with van der Waals surface area (Å²) in [6.07, 6.45) is -1.16. The second-order valence-electron chi connectivity index (χ2n) is 25.8. The van der Waals surface area contributed by atoms with Crippen molar-refractivity contribution in [2.24, 2.45) is 52.6 Å². The van der Waals surface area contributed by atoms with Gasteiger partial charge in [0.1, 0.15) is 29.6 Å². The van der Waals surface area contributed by atoms with Gasteiger partial charge in [-0.2, -0.15) is 0 Å². The molecule has 82 heavy (non-hydrogen) atoms. The van der Waals surface area contributed by atoms with Crippen LogP contribution in [0.2, 0.25) is 0 Å². The van der Waals surface area contributed by atoms with Crippen LogP contribution in [0.1, 0.15) is 121 Å². The molecule has 1 spiro atoms. The van der Waals surface area contributed by atoms with Crippen LogP contribution in [-0.4, -0.2) is 180 Å². The van der Waals surface area contributed by atoms with Gasteiger partial charge in [0.25, 0.3) is 0 Å². The molecule has 0 aromatic rings. The summed E-state index contributed by atoms with van der Waals surface area (Å²) < 4.78 is 68.4. The molecule has 6 fully saturated rings. The second-order valence-corrected chi connectivity index (χ2v) is 25.8. The van der Waals surface area contributed by atoms with Crippen molar-refractivity contribution < 1.29 is 92.0 Å². The Hall–Kier alpha value is -3.65. The van der Waals surface area contributed by atoms with E-state index >= 15 is 4.79 Å². The Kier molecular flexibility index (Phi) is 18.9. The van der Waals surface area contributed by atoms with E-state index in [9.17, 15) is 35.1 Å². The van der Waals surface area contributed by atoms with E-state index in [0.29, 0.717) is 24.0 Å². The smallest absolute Gasteiger partial charge is 0.407 e. The molecule has 9 aliphatic rings. The predicted octanol–water partition coefficient (Wildman–Crippen LogP) is 5.25.